The van der Waals surface area contributed by atoms with E-state index in [0.717, 1.165) is 5.56 Å². The fourth-order valence-electron chi connectivity index (χ4n) is 4.24. The topological polar surface area (TPSA) is 156 Å². The van der Waals surface area contributed by atoms with E-state index in [9.17, 15) is 19.2 Å². The molecule has 4 atom stereocenters. The maximum absolute atomic E-state index is 13.5. The molecule has 3 amide bonds. The first-order valence-corrected chi connectivity index (χ1v) is 13.3. The van der Waals surface area contributed by atoms with Crippen LogP contribution in [0.5, 0.6) is 0 Å². The van der Waals surface area contributed by atoms with Crippen LogP contribution in [0, 0.1) is 18.8 Å². The van der Waals surface area contributed by atoms with Crippen molar-refractivity contribution in [1.82, 2.24) is 26.1 Å². The van der Waals surface area contributed by atoms with Gasteiger partial charge in [0.25, 0.3) is 5.91 Å². The lowest BCUT2D eigenvalue weighted by atomic mass is 9.92. The number of rotatable bonds is 14. The van der Waals surface area contributed by atoms with Crippen molar-refractivity contribution in [3.63, 3.8) is 0 Å². The SMILES string of the molecule is Cc1cc(C(=O)N[C@@H](Cc2ccncc2)C(=O)N[C@@H](CC(C)C)C(=O)N[C@@H](CC(C)C)C(=O)[C@@]2(C)CO2)no1. The fraction of sp³-hybridized carbons (Fsp3) is 0.571. The predicted octanol–water partition coefficient (Wildman–Crippen LogP) is 2.14. The number of aryl methyl sites for hydroxylation is 1. The zero-order chi connectivity index (χ0) is 28.7. The van der Waals surface area contributed by atoms with Gasteiger partial charge < -0.3 is 25.2 Å². The van der Waals surface area contributed by atoms with Gasteiger partial charge in [-0.05, 0) is 56.2 Å². The fourth-order valence-corrected chi connectivity index (χ4v) is 4.24. The first-order chi connectivity index (χ1) is 18.4. The van der Waals surface area contributed by atoms with Crippen LogP contribution in [-0.4, -0.2) is 64.0 Å². The van der Waals surface area contributed by atoms with Crippen LogP contribution in [0.4, 0.5) is 0 Å². The third-order valence-electron chi connectivity index (χ3n) is 6.45. The summed E-state index contributed by atoms with van der Waals surface area (Å²) < 4.78 is 10.3. The van der Waals surface area contributed by atoms with E-state index in [2.05, 4.69) is 26.1 Å². The molecule has 3 N–H and O–H groups in total. The monoisotopic (exact) mass is 541 g/mol. The molecular weight excluding hydrogens is 502 g/mol. The van der Waals surface area contributed by atoms with Crippen LogP contribution >= 0.6 is 0 Å². The lowest BCUT2D eigenvalue weighted by Crippen LogP contribution is -2.57. The molecule has 0 saturated carbocycles. The lowest BCUT2D eigenvalue weighted by molar-refractivity contribution is -0.133. The quantitative estimate of drug-likeness (QED) is 0.307. The van der Waals surface area contributed by atoms with Crippen molar-refractivity contribution in [3.05, 3.63) is 47.6 Å². The van der Waals surface area contributed by atoms with Gasteiger partial charge in [0, 0.05) is 24.9 Å². The minimum atomic E-state index is -1.01. The summed E-state index contributed by atoms with van der Waals surface area (Å²) in [7, 11) is 0. The molecule has 0 aliphatic carbocycles. The predicted molar refractivity (Wildman–Crippen MR) is 143 cm³/mol. The van der Waals surface area contributed by atoms with Gasteiger partial charge in [-0.1, -0.05) is 32.9 Å². The summed E-state index contributed by atoms with van der Waals surface area (Å²) in [5.41, 5.74) is -0.0718. The maximum atomic E-state index is 13.5. The zero-order valence-corrected chi connectivity index (χ0v) is 23.4. The van der Waals surface area contributed by atoms with Crippen molar-refractivity contribution < 1.29 is 28.4 Å². The summed E-state index contributed by atoms with van der Waals surface area (Å²) >= 11 is 0. The first-order valence-electron chi connectivity index (χ1n) is 13.3. The molecule has 0 radical (unpaired) electrons. The number of epoxide rings is 1. The van der Waals surface area contributed by atoms with Gasteiger partial charge in [0.1, 0.15) is 23.4 Å². The molecule has 0 unspecified atom stereocenters. The molecule has 1 saturated heterocycles. The van der Waals surface area contributed by atoms with Crippen LogP contribution in [-0.2, 0) is 25.5 Å². The Morgan fingerprint density at radius 1 is 0.923 bits per heavy atom. The number of hydrogen-bond donors (Lipinski definition) is 3. The van der Waals surface area contributed by atoms with Crippen LogP contribution in [0.2, 0.25) is 0 Å². The van der Waals surface area contributed by atoms with Crippen LogP contribution in [0.25, 0.3) is 0 Å². The number of carbonyl (C=O) groups excluding carboxylic acids is 4. The van der Waals surface area contributed by atoms with Gasteiger partial charge in [-0.2, -0.15) is 0 Å². The molecule has 212 valence electrons. The molecule has 11 heteroatoms. The second-order valence-electron chi connectivity index (χ2n) is 11.2. The highest BCUT2D eigenvalue weighted by Crippen LogP contribution is 2.29. The third kappa shape index (κ3) is 8.71. The van der Waals surface area contributed by atoms with Crippen LogP contribution < -0.4 is 16.0 Å². The zero-order valence-electron chi connectivity index (χ0n) is 23.4. The molecular formula is C28H39N5O6. The molecule has 1 aliphatic rings. The maximum Gasteiger partial charge on any atom is 0.274 e. The summed E-state index contributed by atoms with van der Waals surface area (Å²) in [4.78, 5) is 56.8. The van der Waals surface area contributed by atoms with Crippen molar-refractivity contribution in [1.29, 1.82) is 0 Å². The molecule has 2 aromatic rings. The summed E-state index contributed by atoms with van der Waals surface area (Å²) in [6.45, 7) is 11.5. The van der Waals surface area contributed by atoms with E-state index in [-0.39, 0.29) is 29.7 Å². The molecule has 3 rings (SSSR count). The van der Waals surface area contributed by atoms with E-state index in [1.54, 1.807) is 38.4 Å². The number of pyridine rings is 1. The van der Waals surface area contributed by atoms with E-state index in [4.69, 9.17) is 9.26 Å². The molecule has 39 heavy (non-hydrogen) atoms. The van der Waals surface area contributed by atoms with Crippen molar-refractivity contribution >= 4 is 23.5 Å². The minimum Gasteiger partial charge on any atom is -0.361 e. The van der Waals surface area contributed by atoms with E-state index >= 15 is 0 Å². The van der Waals surface area contributed by atoms with Gasteiger partial charge in [-0.25, -0.2) is 0 Å². The van der Waals surface area contributed by atoms with Crippen LogP contribution in [0.15, 0.2) is 35.1 Å². The number of hydrogen-bond acceptors (Lipinski definition) is 8. The third-order valence-corrected chi connectivity index (χ3v) is 6.45. The average Bonchev–Trinajstić information content (AvgIpc) is 3.47. The minimum absolute atomic E-state index is 0.0438. The first kappa shape index (κ1) is 29.9. The number of aromatic nitrogens is 2. The summed E-state index contributed by atoms with van der Waals surface area (Å²) in [5.74, 6) is -1.07. The van der Waals surface area contributed by atoms with Crippen molar-refractivity contribution in [2.24, 2.45) is 11.8 Å². The second kappa shape index (κ2) is 13.0. The highest BCUT2D eigenvalue weighted by Gasteiger charge is 2.50. The molecule has 1 aliphatic heterocycles. The van der Waals surface area contributed by atoms with E-state index < -0.39 is 41.4 Å². The molecule has 1 fully saturated rings. The average molecular weight is 542 g/mol. The second-order valence-corrected chi connectivity index (χ2v) is 11.2. The molecule has 11 nitrogen and oxygen atoms in total. The Labute approximate surface area is 228 Å². The Balaban J connectivity index is 1.78. The Morgan fingerprint density at radius 3 is 2.03 bits per heavy atom. The molecule has 3 heterocycles. The highest BCUT2D eigenvalue weighted by molar-refractivity contribution is 5.99. The normalized spacial score (nSPS) is 18.8. The molecule has 0 aromatic carbocycles. The van der Waals surface area contributed by atoms with E-state index in [1.165, 1.54) is 6.07 Å². The van der Waals surface area contributed by atoms with E-state index in [0.29, 0.717) is 25.2 Å². The van der Waals surface area contributed by atoms with Crippen molar-refractivity contribution in [2.45, 2.75) is 84.5 Å². The Bertz CT molecular complexity index is 1160. The number of ketones is 1. The Morgan fingerprint density at radius 2 is 1.49 bits per heavy atom. The summed E-state index contributed by atoms with van der Waals surface area (Å²) in [5, 5.41) is 12.1. The lowest BCUT2D eigenvalue weighted by Gasteiger charge is -2.27. The number of carbonyl (C=O) groups is 4. The molecule has 2 aromatic heterocycles. The van der Waals surface area contributed by atoms with Gasteiger partial charge >= 0.3 is 0 Å². The number of nitrogens with one attached hydrogen (secondary N) is 3. The van der Waals surface area contributed by atoms with E-state index in [1.807, 2.05) is 27.7 Å². The van der Waals surface area contributed by atoms with Gasteiger partial charge in [-0.3, -0.25) is 24.2 Å². The largest absolute Gasteiger partial charge is 0.361 e. The molecule has 0 spiro atoms. The van der Waals surface area contributed by atoms with Crippen LogP contribution in [0.1, 0.15) is 69.3 Å². The highest BCUT2D eigenvalue weighted by atomic mass is 16.6. The molecule has 0 bridgehead atoms. The Hall–Kier alpha value is -3.60. The van der Waals surface area contributed by atoms with Crippen molar-refractivity contribution in [2.75, 3.05) is 6.61 Å². The summed E-state index contributed by atoms with van der Waals surface area (Å²) in [6.07, 6.45) is 4.14. The number of amides is 3. The summed E-state index contributed by atoms with van der Waals surface area (Å²) in [6, 6.07) is 2.30. The standard InChI is InChI=1S/C28H39N5O6/c1-16(2)11-20(24(34)28(6)15-38-28)30-25(35)21(12-17(3)4)31-26(36)22(14-19-7-9-29-10-8-19)32-27(37)23-13-18(5)39-33-23/h7-10,13,16-17,20-22H,11-12,14-15H2,1-6H3,(H,30,35)(H,31,36)(H,32,37)/t20-,21-,22-,28+/m0/s1. The number of nitrogens with zero attached hydrogens (tertiary/aromatic N) is 2. The Kier molecular flexibility index (Phi) is 9.96. The van der Waals surface area contributed by atoms with Crippen LogP contribution in [0.3, 0.4) is 0 Å². The number of Topliss-reactive ketones (excluding diaryl/α,β-unsaturated/α-hetero) is 1. The van der Waals surface area contributed by atoms with Gasteiger partial charge in [-0.15, -0.1) is 0 Å². The van der Waals surface area contributed by atoms with Crippen molar-refractivity contribution in [3.8, 4) is 0 Å². The van der Waals surface area contributed by atoms with Gasteiger partial charge in [0.15, 0.2) is 11.5 Å². The van der Waals surface area contributed by atoms with Gasteiger partial charge in [0.05, 0.1) is 12.6 Å². The smallest absolute Gasteiger partial charge is 0.274 e. The number of ether oxygens (including phenoxy) is 1. The van der Waals surface area contributed by atoms with Gasteiger partial charge in [0.2, 0.25) is 11.8 Å².